The standard InChI is InChI=1S/C15H15N3OS2/c1-10-6-14(21-9-10)15(19)16-8-11-7-12(18(2)17-11)13-4-3-5-20-13/h3-7,9H,8H2,1-2H3,(H,16,19). The van der Waals surface area contributed by atoms with E-state index in [0.717, 1.165) is 21.8 Å². The van der Waals surface area contributed by atoms with E-state index in [-0.39, 0.29) is 5.91 Å². The number of carbonyl (C=O) groups excluding carboxylic acids is 1. The van der Waals surface area contributed by atoms with Crippen LogP contribution in [0.1, 0.15) is 20.9 Å². The van der Waals surface area contributed by atoms with E-state index in [4.69, 9.17) is 0 Å². The number of aromatic nitrogens is 2. The van der Waals surface area contributed by atoms with Crippen LogP contribution in [0.15, 0.2) is 35.0 Å². The van der Waals surface area contributed by atoms with E-state index in [9.17, 15) is 4.79 Å². The van der Waals surface area contributed by atoms with E-state index in [2.05, 4.69) is 16.5 Å². The Labute approximate surface area is 131 Å². The van der Waals surface area contributed by atoms with Crippen LogP contribution in [0.5, 0.6) is 0 Å². The molecule has 0 saturated heterocycles. The van der Waals surface area contributed by atoms with E-state index in [1.165, 1.54) is 16.2 Å². The summed E-state index contributed by atoms with van der Waals surface area (Å²) in [6.07, 6.45) is 0. The first-order valence-electron chi connectivity index (χ1n) is 6.53. The van der Waals surface area contributed by atoms with Crippen LogP contribution >= 0.6 is 22.7 Å². The summed E-state index contributed by atoms with van der Waals surface area (Å²) >= 11 is 3.14. The summed E-state index contributed by atoms with van der Waals surface area (Å²) in [5.41, 5.74) is 3.05. The molecular formula is C15H15N3OS2. The third kappa shape index (κ3) is 3.06. The molecule has 4 nitrogen and oxygen atoms in total. The normalized spacial score (nSPS) is 10.8. The van der Waals surface area contributed by atoms with E-state index < -0.39 is 0 Å². The molecule has 0 atom stereocenters. The lowest BCUT2D eigenvalue weighted by Crippen LogP contribution is -2.22. The highest BCUT2D eigenvalue weighted by molar-refractivity contribution is 7.13. The maximum Gasteiger partial charge on any atom is 0.261 e. The zero-order valence-corrected chi connectivity index (χ0v) is 13.4. The molecule has 0 saturated carbocycles. The fourth-order valence-corrected chi connectivity index (χ4v) is 3.66. The second-order valence-corrected chi connectivity index (χ2v) is 6.65. The van der Waals surface area contributed by atoms with Crippen LogP contribution in [0.2, 0.25) is 0 Å². The summed E-state index contributed by atoms with van der Waals surface area (Å²) in [7, 11) is 1.92. The molecule has 0 aliphatic heterocycles. The average Bonchev–Trinajstić information content (AvgIpc) is 3.16. The van der Waals surface area contributed by atoms with Crippen molar-refractivity contribution in [2.75, 3.05) is 0 Å². The summed E-state index contributed by atoms with van der Waals surface area (Å²) < 4.78 is 1.85. The van der Waals surface area contributed by atoms with Gasteiger partial charge in [-0.2, -0.15) is 5.10 Å². The predicted molar refractivity (Wildman–Crippen MR) is 86.7 cm³/mol. The van der Waals surface area contributed by atoms with Gasteiger partial charge in [0, 0.05) is 7.05 Å². The van der Waals surface area contributed by atoms with Gasteiger partial charge in [-0.1, -0.05) is 6.07 Å². The molecule has 3 rings (SSSR count). The summed E-state index contributed by atoms with van der Waals surface area (Å²) in [5, 5.41) is 11.4. The van der Waals surface area contributed by atoms with Crippen molar-refractivity contribution in [3.8, 4) is 10.6 Å². The van der Waals surface area contributed by atoms with Crippen molar-refractivity contribution < 1.29 is 4.79 Å². The smallest absolute Gasteiger partial charge is 0.261 e. The minimum absolute atomic E-state index is 0.0450. The van der Waals surface area contributed by atoms with Gasteiger partial charge in [-0.05, 0) is 41.4 Å². The Morgan fingerprint density at radius 2 is 2.24 bits per heavy atom. The summed E-state index contributed by atoms with van der Waals surface area (Å²) in [6.45, 7) is 2.42. The van der Waals surface area contributed by atoms with E-state index in [1.54, 1.807) is 11.3 Å². The highest BCUT2D eigenvalue weighted by atomic mass is 32.1. The van der Waals surface area contributed by atoms with Crippen molar-refractivity contribution in [1.82, 2.24) is 15.1 Å². The minimum Gasteiger partial charge on any atom is -0.346 e. The number of rotatable bonds is 4. The lowest BCUT2D eigenvalue weighted by Gasteiger charge is -2.00. The molecule has 0 bridgehead atoms. The van der Waals surface area contributed by atoms with Crippen LogP contribution in [0.3, 0.4) is 0 Å². The number of hydrogen-bond donors (Lipinski definition) is 1. The van der Waals surface area contributed by atoms with Crippen LogP contribution in [0.4, 0.5) is 0 Å². The van der Waals surface area contributed by atoms with Gasteiger partial charge >= 0.3 is 0 Å². The molecule has 108 valence electrons. The Morgan fingerprint density at radius 3 is 2.90 bits per heavy atom. The van der Waals surface area contributed by atoms with Gasteiger partial charge in [-0.3, -0.25) is 9.48 Å². The van der Waals surface area contributed by atoms with Crippen LogP contribution < -0.4 is 5.32 Å². The first kappa shape index (κ1) is 14.0. The highest BCUT2D eigenvalue weighted by Crippen LogP contribution is 2.24. The molecule has 1 amide bonds. The van der Waals surface area contributed by atoms with Crippen molar-refractivity contribution in [1.29, 1.82) is 0 Å². The number of hydrogen-bond acceptors (Lipinski definition) is 4. The number of nitrogens with zero attached hydrogens (tertiary/aromatic N) is 2. The molecular weight excluding hydrogens is 302 g/mol. The van der Waals surface area contributed by atoms with Crippen LogP contribution in [0.25, 0.3) is 10.6 Å². The van der Waals surface area contributed by atoms with Gasteiger partial charge in [0.05, 0.1) is 27.7 Å². The van der Waals surface area contributed by atoms with Gasteiger partial charge in [0.1, 0.15) is 0 Å². The molecule has 0 aliphatic carbocycles. The number of nitrogens with one attached hydrogen (secondary N) is 1. The van der Waals surface area contributed by atoms with Gasteiger partial charge in [0.2, 0.25) is 0 Å². The largest absolute Gasteiger partial charge is 0.346 e. The Balaban J connectivity index is 1.69. The van der Waals surface area contributed by atoms with Crippen molar-refractivity contribution in [3.63, 3.8) is 0 Å². The second kappa shape index (κ2) is 5.83. The number of thiophene rings is 2. The van der Waals surface area contributed by atoms with Gasteiger partial charge in [0.15, 0.2) is 0 Å². The third-order valence-corrected chi connectivity index (χ3v) is 5.03. The fourth-order valence-electron chi connectivity index (χ4n) is 2.08. The summed E-state index contributed by atoms with van der Waals surface area (Å²) in [4.78, 5) is 13.9. The topological polar surface area (TPSA) is 46.9 Å². The first-order valence-corrected chi connectivity index (χ1v) is 8.29. The molecule has 0 aromatic carbocycles. The number of aryl methyl sites for hydroxylation is 2. The van der Waals surface area contributed by atoms with Gasteiger partial charge < -0.3 is 5.32 Å². The lowest BCUT2D eigenvalue weighted by atomic mass is 10.3. The van der Waals surface area contributed by atoms with Crippen LogP contribution in [-0.4, -0.2) is 15.7 Å². The fraction of sp³-hybridized carbons (Fsp3) is 0.200. The molecule has 0 fully saturated rings. The zero-order chi connectivity index (χ0) is 14.8. The SMILES string of the molecule is Cc1csc(C(=O)NCc2cc(-c3cccs3)n(C)n2)c1. The van der Waals surface area contributed by atoms with Crippen molar-refractivity contribution in [2.24, 2.45) is 7.05 Å². The third-order valence-electron chi connectivity index (χ3n) is 3.09. The minimum atomic E-state index is -0.0450. The van der Waals surface area contributed by atoms with Crippen molar-refractivity contribution in [3.05, 3.63) is 51.2 Å². The molecule has 0 radical (unpaired) electrons. The maximum atomic E-state index is 12.0. The zero-order valence-electron chi connectivity index (χ0n) is 11.8. The molecule has 3 aromatic rings. The van der Waals surface area contributed by atoms with E-state index in [1.807, 2.05) is 47.6 Å². The Kier molecular flexibility index (Phi) is 3.90. The van der Waals surface area contributed by atoms with E-state index >= 15 is 0 Å². The predicted octanol–water partition coefficient (Wildman–Crippen LogP) is 3.45. The molecule has 0 aliphatic rings. The van der Waals surface area contributed by atoms with Gasteiger partial charge in [-0.25, -0.2) is 0 Å². The highest BCUT2D eigenvalue weighted by Gasteiger charge is 2.11. The van der Waals surface area contributed by atoms with Gasteiger partial charge in [-0.15, -0.1) is 22.7 Å². The maximum absolute atomic E-state index is 12.0. The lowest BCUT2D eigenvalue weighted by molar-refractivity contribution is 0.0954. The average molecular weight is 317 g/mol. The van der Waals surface area contributed by atoms with Crippen LogP contribution in [-0.2, 0) is 13.6 Å². The van der Waals surface area contributed by atoms with E-state index in [0.29, 0.717) is 6.54 Å². The van der Waals surface area contributed by atoms with Crippen LogP contribution in [0, 0.1) is 6.92 Å². The molecule has 3 aromatic heterocycles. The molecule has 0 spiro atoms. The Hall–Kier alpha value is -1.92. The molecule has 1 N–H and O–H groups in total. The molecule has 6 heteroatoms. The monoisotopic (exact) mass is 317 g/mol. The molecule has 0 unspecified atom stereocenters. The Morgan fingerprint density at radius 1 is 1.38 bits per heavy atom. The first-order chi connectivity index (χ1) is 10.1. The van der Waals surface area contributed by atoms with Gasteiger partial charge in [0.25, 0.3) is 5.91 Å². The molecule has 21 heavy (non-hydrogen) atoms. The summed E-state index contributed by atoms with van der Waals surface area (Å²) in [6, 6.07) is 8.01. The quantitative estimate of drug-likeness (QED) is 0.801. The second-order valence-electron chi connectivity index (χ2n) is 4.79. The van der Waals surface area contributed by atoms with Crippen molar-refractivity contribution in [2.45, 2.75) is 13.5 Å². The summed E-state index contributed by atoms with van der Waals surface area (Å²) in [5.74, 6) is -0.0450. The van der Waals surface area contributed by atoms with Crippen molar-refractivity contribution >= 4 is 28.6 Å². The number of amides is 1. The Bertz CT molecular complexity index is 756. The molecule has 3 heterocycles. The number of carbonyl (C=O) groups is 1.